The lowest BCUT2D eigenvalue weighted by atomic mass is 10.1. The summed E-state index contributed by atoms with van der Waals surface area (Å²) in [4.78, 5) is 39.5. The molecule has 0 spiro atoms. The molecule has 0 bridgehead atoms. The molecule has 15 heteroatoms. The molecule has 5 rings (SSSR count). The molecule has 4 aromatic rings. The van der Waals surface area contributed by atoms with Crippen LogP contribution in [0.5, 0.6) is 40.2 Å². The standard InChI is InChI=1S/C36H40N2O13/c1-6-48-33(42)21-50-30-15-22(7-9-27(30)44-2)29-18-26(40)34-25(39)16-24(17-31(34)51-29)49-20-32(41)37-11-13-38(43,14-12-37)19-23-8-10-28(45-3)36(47-5)35(23)46-4/h7-10,15-18,39H,6,11-14,19-21H2,1-5H3. The van der Waals surface area contributed by atoms with E-state index in [1.807, 2.05) is 0 Å². The number of fused-ring (bicyclic) bond motifs is 1. The molecule has 1 amide bonds. The molecule has 0 unspecified atom stereocenters. The number of nitrogens with zero attached hydrogens (tertiary/aromatic N) is 2. The van der Waals surface area contributed by atoms with Crippen molar-refractivity contribution in [3.8, 4) is 51.6 Å². The third kappa shape index (κ3) is 8.22. The molecule has 1 aliphatic heterocycles. The Labute approximate surface area is 293 Å². The number of hydrogen-bond acceptors (Lipinski definition) is 13. The molecule has 15 nitrogen and oxygen atoms in total. The molecule has 0 aliphatic carbocycles. The highest BCUT2D eigenvalue weighted by molar-refractivity contribution is 5.86. The zero-order valence-electron chi connectivity index (χ0n) is 29.0. The third-order valence-corrected chi connectivity index (χ3v) is 8.40. The molecule has 272 valence electrons. The van der Waals surface area contributed by atoms with Crippen molar-refractivity contribution < 1.29 is 56.9 Å². The van der Waals surface area contributed by atoms with Gasteiger partial charge in [-0.3, -0.25) is 9.59 Å². The largest absolute Gasteiger partial charge is 0.632 e. The monoisotopic (exact) mass is 708 g/mol. The number of phenolic OH excluding ortho intramolecular Hbond substituents is 1. The van der Waals surface area contributed by atoms with E-state index in [1.165, 1.54) is 46.6 Å². The van der Waals surface area contributed by atoms with Crippen LogP contribution in [0, 0.1) is 5.21 Å². The quantitative estimate of drug-likeness (QED) is 0.114. The molecule has 3 aromatic carbocycles. The number of aromatic hydroxyl groups is 1. The van der Waals surface area contributed by atoms with E-state index in [0.717, 1.165) is 0 Å². The lowest BCUT2D eigenvalue weighted by Crippen LogP contribution is -2.57. The SMILES string of the molecule is CCOC(=O)COc1cc(-c2cc(=O)c3c(O)cc(OCC(=O)N4CC[N+]([O-])(Cc5ccc(OC)c(OC)c5OC)CC4)cc3o2)ccc1OC. The minimum Gasteiger partial charge on any atom is -0.632 e. The summed E-state index contributed by atoms with van der Waals surface area (Å²) in [6.45, 7) is 1.97. The number of esters is 1. The first-order chi connectivity index (χ1) is 24.5. The van der Waals surface area contributed by atoms with Crippen molar-refractivity contribution in [3.63, 3.8) is 0 Å². The summed E-state index contributed by atoms with van der Waals surface area (Å²) in [5, 5.41) is 24.3. The summed E-state index contributed by atoms with van der Waals surface area (Å²) in [6, 6.07) is 12.1. The highest BCUT2D eigenvalue weighted by Crippen LogP contribution is 2.41. The van der Waals surface area contributed by atoms with Crippen molar-refractivity contribution in [2.45, 2.75) is 13.5 Å². The maximum atomic E-state index is 13.7. The first-order valence-corrected chi connectivity index (χ1v) is 16.1. The van der Waals surface area contributed by atoms with Crippen molar-refractivity contribution in [2.24, 2.45) is 0 Å². The number of carbonyl (C=O) groups is 2. The molecule has 1 aromatic heterocycles. The van der Waals surface area contributed by atoms with Gasteiger partial charge in [-0.1, -0.05) is 0 Å². The van der Waals surface area contributed by atoms with Crippen LogP contribution in [-0.2, 0) is 20.9 Å². The van der Waals surface area contributed by atoms with E-state index >= 15 is 0 Å². The molecule has 1 aliphatic rings. The number of ether oxygens (including phenoxy) is 7. The predicted molar refractivity (Wildman–Crippen MR) is 184 cm³/mol. The van der Waals surface area contributed by atoms with E-state index in [-0.39, 0.29) is 92.4 Å². The first-order valence-electron chi connectivity index (χ1n) is 16.1. The number of amides is 1. The van der Waals surface area contributed by atoms with Crippen LogP contribution < -0.4 is 33.8 Å². The molecule has 1 fully saturated rings. The number of methoxy groups -OCH3 is 4. The van der Waals surface area contributed by atoms with Gasteiger partial charge >= 0.3 is 5.97 Å². The van der Waals surface area contributed by atoms with Crippen molar-refractivity contribution in [3.05, 3.63) is 69.5 Å². The van der Waals surface area contributed by atoms with Crippen LogP contribution in [0.25, 0.3) is 22.3 Å². The predicted octanol–water partition coefficient (Wildman–Crippen LogP) is 3.88. The Morgan fingerprint density at radius 3 is 2.24 bits per heavy atom. The molecule has 2 heterocycles. The van der Waals surface area contributed by atoms with Crippen LogP contribution in [0.15, 0.2) is 57.7 Å². The number of rotatable bonds is 14. The summed E-state index contributed by atoms with van der Waals surface area (Å²) >= 11 is 0. The van der Waals surface area contributed by atoms with E-state index < -0.39 is 16.0 Å². The van der Waals surface area contributed by atoms with Crippen molar-refractivity contribution in [1.29, 1.82) is 0 Å². The Balaban J connectivity index is 1.26. The average Bonchev–Trinajstić information content (AvgIpc) is 3.12. The summed E-state index contributed by atoms with van der Waals surface area (Å²) in [5.41, 5.74) is 0.585. The molecule has 0 radical (unpaired) electrons. The Hall–Kier alpha value is -5.67. The molecule has 0 atom stereocenters. The summed E-state index contributed by atoms with van der Waals surface area (Å²) < 4.78 is 43.3. The second kappa shape index (κ2) is 15.9. The van der Waals surface area contributed by atoms with Gasteiger partial charge in [-0.2, -0.15) is 0 Å². The van der Waals surface area contributed by atoms with Crippen LogP contribution in [0.2, 0.25) is 0 Å². The number of quaternary nitrogens is 1. The van der Waals surface area contributed by atoms with Crippen molar-refractivity contribution in [1.82, 2.24) is 4.90 Å². The molecule has 1 N–H and O–H groups in total. The van der Waals surface area contributed by atoms with E-state index in [0.29, 0.717) is 34.1 Å². The second-order valence-corrected chi connectivity index (χ2v) is 11.6. The number of hydrogen-bond donors (Lipinski definition) is 1. The lowest BCUT2D eigenvalue weighted by molar-refractivity contribution is -0.897. The Morgan fingerprint density at radius 2 is 1.57 bits per heavy atom. The summed E-state index contributed by atoms with van der Waals surface area (Å²) in [7, 11) is 5.95. The fraction of sp³-hybridized carbons (Fsp3) is 0.361. The minimum absolute atomic E-state index is 0.0155. The van der Waals surface area contributed by atoms with Crippen molar-refractivity contribution >= 4 is 22.8 Å². The average molecular weight is 709 g/mol. The number of piperazine rings is 1. The number of hydroxylamine groups is 3. The zero-order valence-corrected chi connectivity index (χ0v) is 29.0. The van der Waals surface area contributed by atoms with Gasteiger partial charge in [0.2, 0.25) is 5.75 Å². The van der Waals surface area contributed by atoms with E-state index in [9.17, 15) is 24.7 Å². The van der Waals surface area contributed by atoms with Gasteiger partial charge in [0.05, 0.1) is 66.8 Å². The maximum Gasteiger partial charge on any atom is 0.344 e. The number of phenols is 1. The van der Waals surface area contributed by atoms with Gasteiger partial charge in [-0.15, -0.1) is 0 Å². The minimum atomic E-state index is -0.566. The molecule has 51 heavy (non-hydrogen) atoms. The topological polar surface area (TPSA) is 175 Å². The Bertz CT molecular complexity index is 1950. The molecular weight excluding hydrogens is 668 g/mol. The Kier molecular flexibility index (Phi) is 11.4. The van der Waals surface area contributed by atoms with Crippen LogP contribution in [0.4, 0.5) is 0 Å². The third-order valence-electron chi connectivity index (χ3n) is 8.40. The smallest absolute Gasteiger partial charge is 0.344 e. The molecular formula is C36H40N2O13. The second-order valence-electron chi connectivity index (χ2n) is 11.6. The summed E-state index contributed by atoms with van der Waals surface area (Å²) in [5.74, 6) is 0.799. The van der Waals surface area contributed by atoms with Gasteiger partial charge in [0.15, 0.2) is 41.6 Å². The number of carbonyl (C=O) groups excluding carboxylic acids is 2. The number of benzene rings is 3. The van der Waals surface area contributed by atoms with E-state index in [2.05, 4.69) is 0 Å². The van der Waals surface area contributed by atoms with E-state index in [1.54, 1.807) is 42.2 Å². The van der Waals surface area contributed by atoms with Crippen molar-refractivity contribution in [2.75, 3.05) is 74.4 Å². The highest BCUT2D eigenvalue weighted by Gasteiger charge is 2.30. The van der Waals surface area contributed by atoms with Crippen LogP contribution in [0.1, 0.15) is 12.5 Å². The van der Waals surface area contributed by atoms with Crippen LogP contribution in [-0.4, -0.2) is 101 Å². The van der Waals surface area contributed by atoms with Crippen LogP contribution >= 0.6 is 0 Å². The first kappa shape index (κ1) is 36.6. The molecule has 0 saturated carbocycles. The Morgan fingerprint density at radius 1 is 0.863 bits per heavy atom. The summed E-state index contributed by atoms with van der Waals surface area (Å²) in [6.07, 6.45) is 0. The normalized spacial score (nSPS) is 13.7. The van der Waals surface area contributed by atoms with Gasteiger partial charge in [0, 0.05) is 23.8 Å². The van der Waals surface area contributed by atoms with Gasteiger partial charge in [0.1, 0.15) is 34.8 Å². The fourth-order valence-corrected chi connectivity index (χ4v) is 5.82. The van der Waals surface area contributed by atoms with Gasteiger partial charge in [0.25, 0.3) is 5.91 Å². The van der Waals surface area contributed by atoms with Gasteiger partial charge in [-0.25, -0.2) is 4.79 Å². The zero-order chi connectivity index (χ0) is 36.7. The lowest BCUT2D eigenvalue weighted by Gasteiger charge is -2.48. The molecule has 1 saturated heterocycles. The van der Waals surface area contributed by atoms with E-state index in [4.69, 9.17) is 37.6 Å². The highest BCUT2D eigenvalue weighted by atomic mass is 16.6. The van der Waals surface area contributed by atoms with Gasteiger partial charge in [-0.05, 0) is 37.3 Å². The van der Waals surface area contributed by atoms with Crippen LogP contribution in [0.3, 0.4) is 0 Å². The fourth-order valence-electron chi connectivity index (χ4n) is 5.82. The maximum absolute atomic E-state index is 13.7. The van der Waals surface area contributed by atoms with Gasteiger partial charge < -0.3 is 57.4 Å².